The van der Waals surface area contributed by atoms with Crippen molar-refractivity contribution in [2.45, 2.75) is 52.1 Å². The summed E-state index contributed by atoms with van der Waals surface area (Å²) in [6.45, 7) is 15.5. The number of hydrogen-bond donors (Lipinski definition) is 2. The monoisotopic (exact) mass is 687 g/mol. The van der Waals surface area contributed by atoms with E-state index in [1.54, 1.807) is 17.0 Å². The minimum absolute atomic E-state index is 0.123. The number of fused-ring (bicyclic) bond motifs is 6. The first-order valence-electron chi connectivity index (χ1n) is 17.0. The number of ether oxygens (including phenoxy) is 4. The lowest BCUT2D eigenvalue weighted by molar-refractivity contribution is -0.131. The number of aryl methyl sites for hydroxylation is 2. The molecule has 2 N–H and O–H groups in total. The van der Waals surface area contributed by atoms with E-state index < -0.39 is 17.0 Å². The van der Waals surface area contributed by atoms with Gasteiger partial charge in [0, 0.05) is 83.2 Å². The maximum absolute atomic E-state index is 13.7. The maximum Gasteiger partial charge on any atom is 0.322 e. The number of morpholine rings is 1. The summed E-state index contributed by atoms with van der Waals surface area (Å²) in [5, 5.41) is 6.05. The second-order valence-corrected chi connectivity index (χ2v) is 14.0. The molecule has 10 nitrogen and oxygen atoms in total. The zero-order valence-electron chi connectivity index (χ0n) is 29.5. The Hall–Kier alpha value is -5.61. The number of carbonyl (C=O) groups is 3. The molecule has 0 radical (unpaired) electrons. The number of anilines is 2. The molecule has 1 atom stereocenters. The van der Waals surface area contributed by atoms with Crippen LogP contribution in [0.5, 0.6) is 17.2 Å². The van der Waals surface area contributed by atoms with Crippen LogP contribution in [0.3, 0.4) is 0 Å². The molecule has 1 unspecified atom stereocenters. The number of amides is 3. The molecule has 1 saturated heterocycles. The highest BCUT2D eigenvalue weighted by atomic mass is 16.5. The first-order valence-corrected chi connectivity index (χ1v) is 17.0. The molecule has 0 bridgehead atoms. The molecular weight excluding hydrogens is 646 g/mol. The Bertz CT molecular complexity index is 2100. The third kappa shape index (κ3) is 6.20. The highest BCUT2D eigenvalue weighted by Crippen LogP contribution is 2.59. The van der Waals surface area contributed by atoms with Gasteiger partial charge in [-0.2, -0.15) is 0 Å². The SMILES string of the molecule is C=C1OC2(c3ccc(NC(=O)CC(C)(C)c4c(C)cc(C)cc4OC(C)=O)cc3Oc3cc(NC(=O)N4CCOCC4)ccc32)c2ccccc21. The lowest BCUT2D eigenvalue weighted by Gasteiger charge is -2.37. The van der Waals surface area contributed by atoms with Gasteiger partial charge in [0.05, 0.1) is 13.2 Å². The lowest BCUT2D eigenvalue weighted by atomic mass is 9.77. The van der Waals surface area contributed by atoms with E-state index in [-0.39, 0.29) is 18.4 Å². The summed E-state index contributed by atoms with van der Waals surface area (Å²) in [7, 11) is 0. The molecule has 262 valence electrons. The van der Waals surface area contributed by atoms with Crippen LogP contribution in [-0.4, -0.2) is 49.1 Å². The summed E-state index contributed by atoms with van der Waals surface area (Å²) < 4.78 is 24.3. The van der Waals surface area contributed by atoms with Gasteiger partial charge in [-0.25, -0.2) is 4.79 Å². The molecule has 3 aliphatic heterocycles. The van der Waals surface area contributed by atoms with E-state index >= 15 is 0 Å². The van der Waals surface area contributed by atoms with E-state index in [9.17, 15) is 14.4 Å². The van der Waals surface area contributed by atoms with Crippen molar-refractivity contribution in [3.63, 3.8) is 0 Å². The standard InChI is InChI=1S/C41H41N3O7/c1-24-19-25(2)38(36(20-24)49-27(4)45)40(5,6)23-37(46)42-28-11-13-32-34(21-28)50-35-22-29(43-39(47)44-15-17-48-18-16-44)12-14-33(35)41(32)31-10-8-7-9-30(31)26(3)51-41/h7-14,19-22H,3,15-18,23H2,1-2,4-6H3,(H,42,46)(H,43,47). The number of carbonyl (C=O) groups excluding carboxylic acids is 3. The Kier molecular flexibility index (Phi) is 8.59. The maximum atomic E-state index is 13.7. The predicted molar refractivity (Wildman–Crippen MR) is 194 cm³/mol. The molecular formula is C41H41N3O7. The quantitative estimate of drug-likeness (QED) is 0.157. The summed E-state index contributed by atoms with van der Waals surface area (Å²) >= 11 is 0. The van der Waals surface area contributed by atoms with Crippen LogP contribution in [0.4, 0.5) is 16.2 Å². The molecule has 4 aromatic carbocycles. The Morgan fingerprint density at radius 3 is 2.20 bits per heavy atom. The topological polar surface area (TPSA) is 115 Å². The van der Waals surface area contributed by atoms with Crippen molar-refractivity contribution in [2.75, 3.05) is 36.9 Å². The second kappa shape index (κ2) is 12.9. The number of nitrogens with zero attached hydrogens (tertiary/aromatic N) is 1. The zero-order chi connectivity index (χ0) is 36.1. The average molecular weight is 688 g/mol. The van der Waals surface area contributed by atoms with Gasteiger partial charge in [-0.3, -0.25) is 9.59 Å². The Labute approximate surface area is 297 Å². The van der Waals surface area contributed by atoms with Crippen LogP contribution in [0, 0.1) is 13.8 Å². The summed E-state index contributed by atoms with van der Waals surface area (Å²) in [4.78, 5) is 40.4. The molecule has 4 aromatic rings. The fourth-order valence-corrected chi connectivity index (χ4v) is 7.64. The fourth-order valence-electron chi connectivity index (χ4n) is 7.64. The van der Waals surface area contributed by atoms with Crippen LogP contribution < -0.4 is 20.1 Å². The highest BCUT2D eigenvalue weighted by molar-refractivity contribution is 5.93. The van der Waals surface area contributed by atoms with Gasteiger partial charge in [0.25, 0.3) is 0 Å². The molecule has 0 aromatic heterocycles. The molecule has 1 fully saturated rings. The molecule has 51 heavy (non-hydrogen) atoms. The van der Waals surface area contributed by atoms with Crippen LogP contribution >= 0.6 is 0 Å². The summed E-state index contributed by atoms with van der Waals surface area (Å²) in [5.74, 6) is 1.36. The smallest absolute Gasteiger partial charge is 0.322 e. The first kappa shape index (κ1) is 33.9. The van der Waals surface area contributed by atoms with Gasteiger partial charge in [0.15, 0.2) is 5.60 Å². The fraction of sp³-hybridized carbons (Fsp3) is 0.293. The number of hydrogen-bond acceptors (Lipinski definition) is 7. The van der Waals surface area contributed by atoms with Crippen LogP contribution in [0.2, 0.25) is 0 Å². The largest absolute Gasteiger partial charge is 0.473 e. The van der Waals surface area contributed by atoms with Crippen molar-refractivity contribution in [1.29, 1.82) is 0 Å². The van der Waals surface area contributed by atoms with Gasteiger partial charge in [0.1, 0.15) is 23.0 Å². The number of urea groups is 1. The molecule has 0 aliphatic carbocycles. The molecule has 10 heteroatoms. The number of rotatable bonds is 6. The van der Waals surface area contributed by atoms with Gasteiger partial charge >= 0.3 is 12.0 Å². The lowest BCUT2D eigenvalue weighted by Crippen LogP contribution is -2.43. The van der Waals surface area contributed by atoms with Crippen molar-refractivity contribution in [3.8, 4) is 17.2 Å². The van der Waals surface area contributed by atoms with Crippen LogP contribution in [0.15, 0.2) is 79.4 Å². The Morgan fingerprint density at radius 2 is 1.53 bits per heavy atom. The minimum Gasteiger partial charge on any atom is -0.473 e. The molecule has 3 amide bonds. The Balaban J connectivity index is 1.21. The molecule has 7 rings (SSSR count). The van der Waals surface area contributed by atoms with Crippen molar-refractivity contribution in [2.24, 2.45) is 0 Å². The normalized spacial score (nSPS) is 17.4. The summed E-state index contributed by atoms with van der Waals surface area (Å²) in [6, 6.07) is 22.7. The van der Waals surface area contributed by atoms with E-state index in [2.05, 4.69) is 17.2 Å². The third-order valence-corrected chi connectivity index (χ3v) is 9.63. The average Bonchev–Trinajstić information content (AvgIpc) is 3.36. The molecule has 3 aliphatic rings. The van der Waals surface area contributed by atoms with Crippen LogP contribution in [-0.2, 0) is 30.1 Å². The Morgan fingerprint density at radius 1 is 0.882 bits per heavy atom. The van der Waals surface area contributed by atoms with Crippen LogP contribution in [0.25, 0.3) is 5.76 Å². The minimum atomic E-state index is -1.07. The third-order valence-electron chi connectivity index (χ3n) is 9.63. The number of nitrogens with one attached hydrogen (secondary N) is 2. The van der Waals surface area contributed by atoms with E-state index in [0.29, 0.717) is 60.7 Å². The van der Waals surface area contributed by atoms with Gasteiger partial charge < -0.3 is 34.5 Å². The van der Waals surface area contributed by atoms with E-state index in [1.807, 2.05) is 88.4 Å². The number of esters is 1. The van der Waals surface area contributed by atoms with Crippen molar-refractivity contribution < 1.29 is 33.3 Å². The van der Waals surface area contributed by atoms with Gasteiger partial charge in [-0.1, -0.05) is 50.8 Å². The van der Waals surface area contributed by atoms with Gasteiger partial charge in [-0.15, -0.1) is 0 Å². The van der Waals surface area contributed by atoms with E-state index in [4.69, 9.17) is 18.9 Å². The van der Waals surface area contributed by atoms with E-state index in [0.717, 1.165) is 38.9 Å². The molecule has 3 heterocycles. The van der Waals surface area contributed by atoms with Gasteiger partial charge in [0.2, 0.25) is 5.91 Å². The zero-order valence-corrected chi connectivity index (χ0v) is 29.5. The highest BCUT2D eigenvalue weighted by Gasteiger charge is 2.51. The first-order chi connectivity index (χ1) is 24.4. The predicted octanol–water partition coefficient (Wildman–Crippen LogP) is 7.80. The van der Waals surface area contributed by atoms with Crippen molar-refractivity contribution in [1.82, 2.24) is 4.90 Å². The summed E-state index contributed by atoms with van der Waals surface area (Å²) in [5.41, 5.74) is 5.41. The van der Waals surface area contributed by atoms with E-state index in [1.165, 1.54) is 6.92 Å². The molecule has 1 spiro atoms. The molecule has 0 saturated carbocycles. The second-order valence-electron chi connectivity index (χ2n) is 14.0. The van der Waals surface area contributed by atoms with Crippen LogP contribution in [0.1, 0.15) is 66.1 Å². The van der Waals surface area contributed by atoms with Gasteiger partial charge in [-0.05, 0) is 55.3 Å². The van der Waals surface area contributed by atoms with Crippen molar-refractivity contribution in [3.05, 3.63) is 118 Å². The number of benzene rings is 4. The van der Waals surface area contributed by atoms with Crippen molar-refractivity contribution >= 4 is 35.0 Å². The summed E-state index contributed by atoms with van der Waals surface area (Å²) in [6.07, 6.45) is 0.123.